The quantitative estimate of drug-likeness (QED) is 0.346. The highest BCUT2D eigenvalue weighted by molar-refractivity contribution is 7.18. The smallest absolute Gasteiger partial charge is 0.222 e. The van der Waals surface area contributed by atoms with Gasteiger partial charge in [-0.25, -0.2) is 9.97 Å². The zero-order chi connectivity index (χ0) is 24.4. The van der Waals surface area contributed by atoms with Crippen molar-refractivity contribution in [1.82, 2.24) is 30.0 Å². The maximum Gasteiger partial charge on any atom is 0.222 e. The zero-order valence-electron chi connectivity index (χ0n) is 20.5. The van der Waals surface area contributed by atoms with Crippen LogP contribution in [0.5, 0.6) is 0 Å². The third kappa shape index (κ3) is 4.93. The van der Waals surface area contributed by atoms with Crippen LogP contribution in [0.2, 0.25) is 0 Å². The standard InChI is InChI=1S/C25H31N7O2S/c1-4-8-19-15-20-24(26-18(3)27-25(20)35-19)31-13-12-30(16-17(31)2)23(33)11-7-14-34-32-22-10-6-5-9-21(22)28-29-32/h5-6,9-10,15,17H,4,7-8,11-14,16H2,1-3H3/t17-/m0/s1. The number of aryl methyl sites for hydroxylation is 2. The zero-order valence-corrected chi connectivity index (χ0v) is 21.3. The Balaban J connectivity index is 1.17. The van der Waals surface area contributed by atoms with E-state index in [-0.39, 0.29) is 11.9 Å². The molecule has 4 heterocycles. The number of amides is 1. The highest BCUT2D eigenvalue weighted by atomic mass is 32.1. The van der Waals surface area contributed by atoms with Gasteiger partial charge in [0.25, 0.3) is 0 Å². The molecule has 184 valence electrons. The molecule has 1 saturated heterocycles. The van der Waals surface area contributed by atoms with Crippen molar-refractivity contribution >= 4 is 44.3 Å². The summed E-state index contributed by atoms with van der Waals surface area (Å²) in [4.78, 5) is 36.2. The van der Waals surface area contributed by atoms with Crippen molar-refractivity contribution in [2.24, 2.45) is 0 Å². The van der Waals surface area contributed by atoms with E-state index in [1.165, 1.54) is 9.72 Å². The van der Waals surface area contributed by atoms with Crippen LogP contribution in [0.1, 0.15) is 43.8 Å². The van der Waals surface area contributed by atoms with Crippen LogP contribution in [-0.2, 0) is 11.2 Å². The second kappa shape index (κ2) is 10.2. The highest BCUT2D eigenvalue weighted by Crippen LogP contribution is 2.33. The molecular formula is C25H31N7O2S. The lowest BCUT2D eigenvalue weighted by molar-refractivity contribution is -0.132. The van der Waals surface area contributed by atoms with Gasteiger partial charge in [-0.1, -0.05) is 30.3 Å². The van der Waals surface area contributed by atoms with Gasteiger partial charge in [-0.15, -0.1) is 16.4 Å². The van der Waals surface area contributed by atoms with Crippen molar-refractivity contribution in [3.8, 4) is 0 Å². The van der Waals surface area contributed by atoms with Crippen LogP contribution in [0.25, 0.3) is 21.3 Å². The van der Waals surface area contributed by atoms with Crippen LogP contribution in [0.15, 0.2) is 30.3 Å². The fraction of sp³-hybridized carbons (Fsp3) is 0.480. The maximum atomic E-state index is 12.9. The summed E-state index contributed by atoms with van der Waals surface area (Å²) in [5.41, 5.74) is 1.61. The Hall–Kier alpha value is -3.27. The minimum atomic E-state index is 0.160. The second-order valence-electron chi connectivity index (χ2n) is 9.05. The molecule has 35 heavy (non-hydrogen) atoms. The molecule has 3 aromatic heterocycles. The van der Waals surface area contributed by atoms with Crippen LogP contribution in [0.3, 0.4) is 0 Å². The van der Waals surface area contributed by atoms with Gasteiger partial charge in [0.1, 0.15) is 34.1 Å². The number of rotatable bonds is 8. The van der Waals surface area contributed by atoms with Crippen molar-refractivity contribution < 1.29 is 9.63 Å². The van der Waals surface area contributed by atoms with E-state index in [4.69, 9.17) is 9.82 Å². The summed E-state index contributed by atoms with van der Waals surface area (Å²) in [7, 11) is 0. The Bertz CT molecular complexity index is 1330. The van der Waals surface area contributed by atoms with Gasteiger partial charge < -0.3 is 14.6 Å². The van der Waals surface area contributed by atoms with E-state index in [9.17, 15) is 4.79 Å². The second-order valence-corrected chi connectivity index (χ2v) is 10.2. The molecule has 9 nitrogen and oxygen atoms in total. The van der Waals surface area contributed by atoms with E-state index < -0.39 is 0 Å². The Morgan fingerprint density at radius 1 is 1.23 bits per heavy atom. The summed E-state index contributed by atoms with van der Waals surface area (Å²) in [6, 6.07) is 10.1. The molecule has 1 aliphatic heterocycles. The summed E-state index contributed by atoms with van der Waals surface area (Å²) >= 11 is 1.77. The molecule has 1 fully saturated rings. The molecule has 5 rings (SSSR count). The number of hydrogen-bond acceptors (Lipinski definition) is 8. The first-order chi connectivity index (χ1) is 17.0. The van der Waals surface area contributed by atoms with Gasteiger partial charge in [0.15, 0.2) is 0 Å². The topological polar surface area (TPSA) is 89.3 Å². The molecule has 0 N–H and O–H groups in total. The summed E-state index contributed by atoms with van der Waals surface area (Å²) in [6.45, 7) is 8.86. The van der Waals surface area contributed by atoms with Gasteiger partial charge in [0, 0.05) is 37.0 Å². The Labute approximate surface area is 208 Å². The van der Waals surface area contributed by atoms with E-state index in [2.05, 4.69) is 40.1 Å². The number of fused-ring (bicyclic) bond motifs is 2. The Morgan fingerprint density at radius 3 is 2.91 bits per heavy atom. The number of hydrogen-bond donors (Lipinski definition) is 0. The molecular weight excluding hydrogens is 462 g/mol. The Morgan fingerprint density at radius 2 is 2.09 bits per heavy atom. The molecule has 1 atom stereocenters. The molecule has 1 aromatic carbocycles. The molecule has 0 saturated carbocycles. The van der Waals surface area contributed by atoms with Gasteiger partial charge >= 0.3 is 0 Å². The Kier molecular flexibility index (Phi) is 6.81. The van der Waals surface area contributed by atoms with Crippen LogP contribution >= 0.6 is 11.3 Å². The molecule has 4 aromatic rings. The number of anilines is 1. The van der Waals surface area contributed by atoms with Crippen LogP contribution in [0.4, 0.5) is 5.82 Å². The molecule has 1 amide bonds. The van der Waals surface area contributed by atoms with Crippen molar-refractivity contribution in [3.63, 3.8) is 0 Å². The summed E-state index contributed by atoms with van der Waals surface area (Å²) in [5, 5.41) is 9.24. The predicted octanol–water partition coefficient (Wildman–Crippen LogP) is 3.64. The normalized spacial score (nSPS) is 16.4. The largest absolute Gasteiger partial charge is 0.395 e. The van der Waals surface area contributed by atoms with Crippen LogP contribution in [0, 0.1) is 6.92 Å². The summed E-state index contributed by atoms with van der Waals surface area (Å²) in [5.74, 6) is 1.95. The van der Waals surface area contributed by atoms with E-state index in [0.29, 0.717) is 32.5 Å². The monoisotopic (exact) mass is 493 g/mol. The highest BCUT2D eigenvalue weighted by Gasteiger charge is 2.29. The minimum absolute atomic E-state index is 0.160. The molecule has 10 heteroatoms. The SMILES string of the molecule is CCCc1cc2c(N3CCN(C(=O)CCCOn4nnc5ccccc54)C[C@@H]3C)nc(C)nc2s1. The van der Waals surface area contributed by atoms with Gasteiger partial charge in [-0.3, -0.25) is 4.79 Å². The lowest BCUT2D eigenvalue weighted by Crippen LogP contribution is -2.54. The fourth-order valence-corrected chi connectivity index (χ4v) is 5.79. The molecule has 0 spiro atoms. The van der Waals surface area contributed by atoms with Gasteiger partial charge in [0.2, 0.25) is 5.91 Å². The van der Waals surface area contributed by atoms with Crippen molar-refractivity contribution in [2.75, 3.05) is 31.1 Å². The number of piperazine rings is 1. The van der Waals surface area contributed by atoms with Crippen molar-refractivity contribution in [2.45, 2.75) is 52.5 Å². The third-order valence-electron chi connectivity index (χ3n) is 6.35. The van der Waals surface area contributed by atoms with Crippen molar-refractivity contribution in [3.05, 3.63) is 41.0 Å². The number of thiophene rings is 1. The number of nitrogens with zero attached hydrogens (tertiary/aromatic N) is 7. The van der Waals surface area contributed by atoms with E-state index in [1.807, 2.05) is 36.1 Å². The van der Waals surface area contributed by atoms with Gasteiger partial charge in [-0.2, -0.15) is 0 Å². The molecule has 0 unspecified atom stereocenters. The summed E-state index contributed by atoms with van der Waals surface area (Å²) in [6.07, 6.45) is 3.25. The third-order valence-corrected chi connectivity index (χ3v) is 7.44. The summed E-state index contributed by atoms with van der Waals surface area (Å²) < 4.78 is 0. The first kappa shape index (κ1) is 23.5. The predicted molar refractivity (Wildman–Crippen MR) is 138 cm³/mol. The van der Waals surface area contributed by atoms with Crippen molar-refractivity contribution in [1.29, 1.82) is 0 Å². The lowest BCUT2D eigenvalue weighted by atomic mass is 10.1. The average molecular weight is 494 g/mol. The number of carbonyl (C=O) groups excluding carboxylic acids is 1. The van der Waals surface area contributed by atoms with E-state index >= 15 is 0 Å². The number of benzene rings is 1. The number of aromatic nitrogens is 5. The van der Waals surface area contributed by atoms with E-state index in [0.717, 1.165) is 52.3 Å². The maximum absolute atomic E-state index is 12.9. The molecule has 0 radical (unpaired) electrons. The van der Waals surface area contributed by atoms with Crippen LogP contribution < -0.4 is 9.74 Å². The van der Waals surface area contributed by atoms with Crippen LogP contribution in [-0.4, -0.2) is 68.2 Å². The first-order valence-electron chi connectivity index (χ1n) is 12.3. The number of carbonyl (C=O) groups is 1. The fourth-order valence-electron chi connectivity index (χ4n) is 4.62. The molecule has 0 bridgehead atoms. The minimum Gasteiger partial charge on any atom is -0.395 e. The first-order valence-corrected chi connectivity index (χ1v) is 13.1. The van der Waals surface area contributed by atoms with Gasteiger partial charge in [-0.05, 0) is 50.1 Å². The molecule has 1 aliphatic rings. The molecule has 0 aliphatic carbocycles. The van der Waals surface area contributed by atoms with E-state index in [1.54, 1.807) is 11.3 Å². The lowest BCUT2D eigenvalue weighted by Gasteiger charge is -2.41. The number of para-hydroxylation sites is 1. The van der Waals surface area contributed by atoms with Gasteiger partial charge in [0.05, 0.1) is 5.39 Å². The average Bonchev–Trinajstić information content (AvgIpc) is 3.45.